The van der Waals surface area contributed by atoms with Gasteiger partial charge in [-0.3, -0.25) is 4.79 Å². The number of rotatable bonds is 1. The highest BCUT2D eigenvalue weighted by Gasteiger charge is 2.31. The van der Waals surface area contributed by atoms with Crippen molar-refractivity contribution in [1.29, 1.82) is 0 Å². The Morgan fingerprint density at radius 1 is 1.36 bits per heavy atom. The summed E-state index contributed by atoms with van der Waals surface area (Å²) in [6.45, 7) is 2.82. The molecule has 1 unspecified atom stereocenters. The normalized spacial score (nSPS) is 30.2. The number of hydrogen-bond donors (Lipinski definition) is 0. The van der Waals surface area contributed by atoms with Gasteiger partial charge in [-0.15, -0.1) is 0 Å². The predicted octanol–water partition coefficient (Wildman–Crippen LogP) is -0.0145. The zero-order chi connectivity index (χ0) is 7.68. The fraction of sp³-hybridized carbons (Fsp3) is 0.875. The van der Waals surface area contributed by atoms with Crippen molar-refractivity contribution in [3.63, 3.8) is 0 Å². The highest BCUT2D eigenvalue weighted by molar-refractivity contribution is 5.82. The van der Waals surface area contributed by atoms with Gasteiger partial charge >= 0.3 is 0 Å². The van der Waals surface area contributed by atoms with Crippen LogP contribution >= 0.6 is 0 Å². The molecule has 3 nitrogen and oxygen atoms in total. The van der Waals surface area contributed by atoms with Crippen molar-refractivity contribution >= 4 is 5.91 Å². The highest BCUT2D eigenvalue weighted by Crippen LogP contribution is 2.14. The molecule has 0 aromatic heterocycles. The van der Waals surface area contributed by atoms with Crippen molar-refractivity contribution in [3.8, 4) is 0 Å². The van der Waals surface area contributed by atoms with Crippen molar-refractivity contribution in [2.75, 3.05) is 19.6 Å². The van der Waals surface area contributed by atoms with Crippen LogP contribution in [0.1, 0.15) is 19.3 Å². The second-order valence-electron chi connectivity index (χ2n) is 3.24. The molecule has 2 aliphatic rings. The highest BCUT2D eigenvalue weighted by atomic mass is 16.2. The Balaban J connectivity index is 1.87. The molecule has 0 aliphatic carbocycles. The monoisotopic (exact) mass is 153 g/mol. The zero-order valence-electron chi connectivity index (χ0n) is 6.62. The molecule has 0 N–H and O–H groups in total. The first kappa shape index (κ1) is 7.10. The Labute approximate surface area is 66.8 Å². The summed E-state index contributed by atoms with van der Waals surface area (Å²) in [5.74, 6) is 0.272. The lowest BCUT2D eigenvalue weighted by Gasteiger charge is -2.28. The summed E-state index contributed by atoms with van der Waals surface area (Å²) in [4.78, 5) is 13.4. The second kappa shape index (κ2) is 2.81. The Morgan fingerprint density at radius 2 is 2.00 bits per heavy atom. The topological polar surface area (TPSA) is 34.4 Å². The summed E-state index contributed by atoms with van der Waals surface area (Å²) in [5, 5.41) is 4.12. The third-order valence-corrected chi connectivity index (χ3v) is 2.45. The molecule has 0 saturated carbocycles. The lowest BCUT2D eigenvalue weighted by molar-refractivity contribution is -0.134. The Kier molecular flexibility index (Phi) is 1.82. The van der Waals surface area contributed by atoms with Crippen LogP contribution in [0.3, 0.4) is 0 Å². The molecule has 11 heavy (non-hydrogen) atoms. The van der Waals surface area contributed by atoms with Gasteiger partial charge in [-0.05, 0) is 19.3 Å². The van der Waals surface area contributed by atoms with Crippen LogP contribution in [0.25, 0.3) is 0 Å². The summed E-state index contributed by atoms with van der Waals surface area (Å²) in [5.41, 5.74) is 0. The number of carbonyl (C=O) groups is 1. The smallest absolute Gasteiger partial charge is 0.241 e. The molecule has 2 fully saturated rings. The van der Waals surface area contributed by atoms with E-state index in [1.165, 1.54) is 12.8 Å². The fourth-order valence-corrected chi connectivity index (χ4v) is 1.61. The zero-order valence-corrected chi connectivity index (χ0v) is 6.62. The van der Waals surface area contributed by atoms with Gasteiger partial charge in [0.2, 0.25) is 5.91 Å². The van der Waals surface area contributed by atoms with Gasteiger partial charge in [0.1, 0.15) is 6.04 Å². The molecular formula is C8H13N2O. The molecule has 0 spiro atoms. The van der Waals surface area contributed by atoms with Crippen LogP contribution in [-0.4, -0.2) is 36.5 Å². The van der Waals surface area contributed by atoms with E-state index in [4.69, 9.17) is 0 Å². The number of hydrogen-bond acceptors (Lipinski definition) is 1. The Hall–Kier alpha value is -0.570. The third kappa shape index (κ3) is 1.25. The maximum absolute atomic E-state index is 11.5. The van der Waals surface area contributed by atoms with Gasteiger partial charge in [0.15, 0.2) is 0 Å². The van der Waals surface area contributed by atoms with Crippen LogP contribution in [0.15, 0.2) is 0 Å². The quantitative estimate of drug-likeness (QED) is 0.521. The molecule has 1 atom stereocenters. The Morgan fingerprint density at radius 3 is 2.45 bits per heavy atom. The molecule has 0 aromatic carbocycles. The van der Waals surface area contributed by atoms with E-state index >= 15 is 0 Å². The first-order chi connectivity index (χ1) is 5.38. The summed E-state index contributed by atoms with van der Waals surface area (Å²) in [6.07, 6.45) is 3.34. The van der Waals surface area contributed by atoms with Gasteiger partial charge in [-0.2, -0.15) is 0 Å². The Bertz CT molecular complexity index is 159. The van der Waals surface area contributed by atoms with E-state index in [2.05, 4.69) is 5.32 Å². The van der Waals surface area contributed by atoms with Crippen molar-refractivity contribution in [1.82, 2.24) is 10.2 Å². The number of amides is 1. The van der Waals surface area contributed by atoms with Crippen molar-refractivity contribution in [2.24, 2.45) is 0 Å². The number of likely N-dealkylation sites (tertiary alicyclic amines) is 1. The largest absolute Gasteiger partial charge is 0.341 e. The standard InChI is InChI=1S/C8H13N2O/c11-8(7-3-4-9-7)10-5-1-2-6-10/h7H,1-6H2. The number of carbonyl (C=O) groups excluding carboxylic acids is 1. The molecule has 0 aromatic rings. The molecule has 1 radical (unpaired) electrons. The minimum absolute atomic E-state index is 0.0353. The number of nitrogens with zero attached hydrogens (tertiary/aromatic N) is 2. The molecular weight excluding hydrogens is 140 g/mol. The molecule has 2 rings (SSSR count). The molecule has 61 valence electrons. The van der Waals surface area contributed by atoms with E-state index in [1.54, 1.807) is 0 Å². The van der Waals surface area contributed by atoms with E-state index in [-0.39, 0.29) is 11.9 Å². The van der Waals surface area contributed by atoms with E-state index in [9.17, 15) is 4.79 Å². The molecule has 2 aliphatic heterocycles. The van der Waals surface area contributed by atoms with Crippen LogP contribution < -0.4 is 5.32 Å². The molecule has 2 saturated heterocycles. The lowest BCUT2D eigenvalue weighted by Crippen LogP contribution is -2.49. The SMILES string of the molecule is O=C(C1CC[N]1)N1CCCC1. The van der Waals surface area contributed by atoms with Crippen LogP contribution in [0.2, 0.25) is 0 Å². The third-order valence-electron chi connectivity index (χ3n) is 2.45. The molecule has 2 heterocycles. The van der Waals surface area contributed by atoms with Crippen LogP contribution in [0.4, 0.5) is 0 Å². The van der Waals surface area contributed by atoms with Crippen LogP contribution in [0.5, 0.6) is 0 Å². The van der Waals surface area contributed by atoms with Gasteiger partial charge in [-0.25, -0.2) is 5.32 Å². The average molecular weight is 153 g/mol. The van der Waals surface area contributed by atoms with Crippen molar-refractivity contribution in [3.05, 3.63) is 0 Å². The summed E-state index contributed by atoms with van der Waals surface area (Å²) in [6, 6.07) is 0.0353. The summed E-state index contributed by atoms with van der Waals surface area (Å²) < 4.78 is 0. The summed E-state index contributed by atoms with van der Waals surface area (Å²) >= 11 is 0. The fourth-order valence-electron chi connectivity index (χ4n) is 1.61. The van der Waals surface area contributed by atoms with Gasteiger partial charge in [0.25, 0.3) is 0 Å². The van der Waals surface area contributed by atoms with Gasteiger partial charge in [0.05, 0.1) is 0 Å². The van der Waals surface area contributed by atoms with E-state index < -0.39 is 0 Å². The molecule has 1 amide bonds. The predicted molar refractivity (Wildman–Crippen MR) is 41.2 cm³/mol. The van der Waals surface area contributed by atoms with Crippen molar-refractivity contribution in [2.45, 2.75) is 25.3 Å². The maximum Gasteiger partial charge on any atom is 0.241 e. The van der Waals surface area contributed by atoms with Crippen LogP contribution in [0, 0.1) is 0 Å². The summed E-state index contributed by atoms with van der Waals surface area (Å²) in [7, 11) is 0. The maximum atomic E-state index is 11.5. The van der Waals surface area contributed by atoms with E-state index in [0.29, 0.717) is 0 Å². The first-order valence-electron chi connectivity index (χ1n) is 4.33. The van der Waals surface area contributed by atoms with Gasteiger partial charge in [-0.1, -0.05) is 0 Å². The lowest BCUT2D eigenvalue weighted by atomic mass is 10.1. The van der Waals surface area contributed by atoms with Gasteiger partial charge < -0.3 is 4.90 Å². The minimum atomic E-state index is 0.0353. The van der Waals surface area contributed by atoms with Gasteiger partial charge in [0, 0.05) is 19.6 Å². The molecule has 3 heteroatoms. The minimum Gasteiger partial charge on any atom is -0.341 e. The van der Waals surface area contributed by atoms with Crippen molar-refractivity contribution < 1.29 is 4.79 Å². The molecule has 0 bridgehead atoms. The van der Waals surface area contributed by atoms with E-state index in [0.717, 1.165) is 26.1 Å². The van der Waals surface area contributed by atoms with Crippen LogP contribution in [-0.2, 0) is 4.79 Å². The average Bonchev–Trinajstić information content (AvgIpc) is 2.32. The first-order valence-corrected chi connectivity index (χ1v) is 4.33. The second-order valence-corrected chi connectivity index (χ2v) is 3.24. The van der Waals surface area contributed by atoms with E-state index in [1.807, 2.05) is 4.90 Å².